The molecule has 4 nitrogen and oxygen atoms in total. The molecule has 2 aliphatic rings. The van der Waals surface area contributed by atoms with Crippen LogP contribution >= 0.6 is 15.9 Å². The third-order valence-electron chi connectivity index (χ3n) is 5.25. The summed E-state index contributed by atoms with van der Waals surface area (Å²) in [5.74, 6) is 0.886. The van der Waals surface area contributed by atoms with E-state index in [4.69, 9.17) is 4.99 Å². The van der Waals surface area contributed by atoms with Crippen molar-refractivity contribution in [3.63, 3.8) is 0 Å². The van der Waals surface area contributed by atoms with Crippen LogP contribution in [0.1, 0.15) is 29.7 Å². The summed E-state index contributed by atoms with van der Waals surface area (Å²) in [6, 6.07) is 19.1. The molecule has 0 amide bonds. The maximum atomic E-state index is 4.92. The van der Waals surface area contributed by atoms with E-state index < -0.39 is 0 Å². The van der Waals surface area contributed by atoms with E-state index in [9.17, 15) is 0 Å². The van der Waals surface area contributed by atoms with Gasteiger partial charge in [0, 0.05) is 27.3 Å². The van der Waals surface area contributed by atoms with Crippen LogP contribution in [-0.4, -0.2) is 12.2 Å². The van der Waals surface area contributed by atoms with Crippen molar-refractivity contribution in [1.29, 1.82) is 0 Å². The second-order valence-electron chi connectivity index (χ2n) is 6.91. The molecule has 2 N–H and O–H groups in total. The molecule has 0 aromatic heterocycles. The normalized spacial score (nSPS) is 17.6. The first-order valence-corrected chi connectivity index (χ1v) is 10.2. The standard InChI is InChI=1S/C23H19BrN4/c1-2-14-6-8-15(9-7-14)23-27-19-5-3-4-16-17(10-11-20(28-23)21(16)19)22-18(24)12-25-13-26-22/h3-13,22H,2H2,1H3,(H,25,26)(H,27,28). The van der Waals surface area contributed by atoms with E-state index in [1.54, 1.807) is 6.34 Å². The summed E-state index contributed by atoms with van der Waals surface area (Å²) >= 11 is 3.64. The average Bonchev–Trinajstić information content (AvgIpc) is 2.75. The Balaban J connectivity index is 1.63. The van der Waals surface area contributed by atoms with Gasteiger partial charge in [-0.3, -0.25) is 4.99 Å². The lowest BCUT2D eigenvalue weighted by atomic mass is 9.95. The predicted molar refractivity (Wildman–Crippen MR) is 121 cm³/mol. The van der Waals surface area contributed by atoms with Gasteiger partial charge in [0.05, 0.1) is 12.0 Å². The van der Waals surface area contributed by atoms with E-state index in [0.29, 0.717) is 0 Å². The van der Waals surface area contributed by atoms with Crippen molar-refractivity contribution < 1.29 is 0 Å². The Morgan fingerprint density at radius 3 is 2.68 bits per heavy atom. The highest BCUT2D eigenvalue weighted by molar-refractivity contribution is 9.11. The lowest BCUT2D eigenvalue weighted by molar-refractivity contribution is 0.881. The number of aliphatic imine (C=N–C) groups is 2. The molecule has 0 spiro atoms. The zero-order valence-electron chi connectivity index (χ0n) is 15.4. The van der Waals surface area contributed by atoms with E-state index >= 15 is 0 Å². The number of nitrogens with zero attached hydrogens (tertiary/aromatic N) is 2. The molecule has 3 aromatic carbocycles. The number of anilines is 1. The summed E-state index contributed by atoms with van der Waals surface area (Å²) in [7, 11) is 0. The van der Waals surface area contributed by atoms with Crippen LogP contribution < -0.4 is 10.6 Å². The maximum Gasteiger partial charge on any atom is 0.138 e. The highest BCUT2D eigenvalue weighted by Crippen LogP contribution is 2.42. The number of aryl methyl sites for hydroxylation is 1. The minimum absolute atomic E-state index is 0.0440. The quantitative estimate of drug-likeness (QED) is 0.550. The molecule has 2 aliphatic heterocycles. The monoisotopic (exact) mass is 430 g/mol. The van der Waals surface area contributed by atoms with E-state index in [2.05, 4.69) is 93.1 Å². The lowest BCUT2D eigenvalue weighted by Gasteiger charge is -2.23. The fourth-order valence-corrected chi connectivity index (χ4v) is 4.27. The molecule has 0 fully saturated rings. The fourth-order valence-electron chi connectivity index (χ4n) is 3.77. The van der Waals surface area contributed by atoms with Gasteiger partial charge in [-0.25, -0.2) is 4.99 Å². The number of hydrogen-bond donors (Lipinski definition) is 2. The topological polar surface area (TPSA) is 48.8 Å². The van der Waals surface area contributed by atoms with Crippen molar-refractivity contribution in [3.8, 4) is 0 Å². The molecule has 0 aliphatic carbocycles. The van der Waals surface area contributed by atoms with Gasteiger partial charge in [-0.1, -0.05) is 65.3 Å². The average molecular weight is 431 g/mol. The fraction of sp³-hybridized carbons (Fsp3) is 0.130. The van der Waals surface area contributed by atoms with Crippen LogP contribution in [0.15, 0.2) is 75.3 Å². The summed E-state index contributed by atoms with van der Waals surface area (Å²) in [6.45, 7) is 2.17. The van der Waals surface area contributed by atoms with Gasteiger partial charge in [-0.2, -0.15) is 0 Å². The largest absolute Gasteiger partial charge is 0.352 e. The van der Waals surface area contributed by atoms with Crippen molar-refractivity contribution in [1.82, 2.24) is 5.32 Å². The first kappa shape index (κ1) is 17.2. The molecule has 0 radical (unpaired) electrons. The Morgan fingerprint density at radius 2 is 1.89 bits per heavy atom. The van der Waals surface area contributed by atoms with Gasteiger partial charge in [0.1, 0.15) is 11.9 Å². The zero-order valence-corrected chi connectivity index (χ0v) is 17.0. The summed E-state index contributed by atoms with van der Waals surface area (Å²) in [6.07, 6.45) is 4.70. The highest BCUT2D eigenvalue weighted by Gasteiger charge is 2.22. The van der Waals surface area contributed by atoms with Crippen molar-refractivity contribution in [2.75, 3.05) is 5.32 Å². The van der Waals surface area contributed by atoms with E-state index in [0.717, 1.165) is 44.6 Å². The number of nitrogens with one attached hydrogen (secondary N) is 2. The second-order valence-corrected chi connectivity index (χ2v) is 7.83. The number of amidine groups is 1. The predicted octanol–water partition coefficient (Wildman–Crippen LogP) is 5.81. The molecule has 0 bridgehead atoms. The van der Waals surface area contributed by atoms with Crippen LogP contribution in [0.4, 0.5) is 11.4 Å². The molecule has 5 rings (SSSR count). The first-order valence-electron chi connectivity index (χ1n) is 9.38. The SMILES string of the molecule is CCc1ccc(C2=Nc3ccc(C4N=CNC=C4Br)c4cccc(c34)N2)cc1. The summed E-state index contributed by atoms with van der Waals surface area (Å²) in [5, 5.41) is 8.86. The smallest absolute Gasteiger partial charge is 0.138 e. The van der Waals surface area contributed by atoms with Gasteiger partial charge in [0.15, 0.2) is 0 Å². The van der Waals surface area contributed by atoms with Crippen molar-refractivity contribution in [3.05, 3.63) is 82.0 Å². The van der Waals surface area contributed by atoms with Gasteiger partial charge >= 0.3 is 0 Å². The van der Waals surface area contributed by atoms with Crippen molar-refractivity contribution >= 4 is 50.3 Å². The van der Waals surface area contributed by atoms with E-state index in [1.165, 1.54) is 10.9 Å². The molecule has 1 unspecified atom stereocenters. The number of halogens is 1. The molecule has 1 atom stereocenters. The summed E-state index contributed by atoms with van der Waals surface area (Å²) in [5.41, 5.74) is 5.65. The molecule has 28 heavy (non-hydrogen) atoms. The van der Waals surface area contributed by atoms with Gasteiger partial charge in [0.25, 0.3) is 0 Å². The van der Waals surface area contributed by atoms with Crippen LogP contribution in [0.5, 0.6) is 0 Å². The Hall–Kier alpha value is -2.92. The summed E-state index contributed by atoms with van der Waals surface area (Å²) in [4.78, 5) is 9.53. The summed E-state index contributed by atoms with van der Waals surface area (Å²) < 4.78 is 1.01. The first-order chi connectivity index (χ1) is 13.7. The number of benzene rings is 3. The second kappa shape index (κ2) is 6.91. The molecule has 3 aromatic rings. The van der Waals surface area contributed by atoms with Gasteiger partial charge in [-0.05, 0) is 35.1 Å². The minimum atomic E-state index is -0.0440. The third kappa shape index (κ3) is 2.83. The van der Waals surface area contributed by atoms with Gasteiger partial charge in [-0.15, -0.1) is 0 Å². The Morgan fingerprint density at radius 1 is 1.04 bits per heavy atom. The van der Waals surface area contributed by atoms with E-state index in [1.807, 2.05) is 6.20 Å². The Kier molecular flexibility index (Phi) is 4.24. The van der Waals surface area contributed by atoms with Crippen molar-refractivity contribution in [2.45, 2.75) is 19.4 Å². The van der Waals surface area contributed by atoms with Crippen LogP contribution in [0.3, 0.4) is 0 Å². The Bertz CT molecular complexity index is 1160. The molecule has 138 valence electrons. The van der Waals surface area contributed by atoms with Gasteiger partial charge < -0.3 is 10.6 Å². The minimum Gasteiger partial charge on any atom is -0.352 e. The van der Waals surface area contributed by atoms with Crippen LogP contribution in [-0.2, 0) is 6.42 Å². The number of rotatable bonds is 3. The molecule has 0 saturated heterocycles. The Labute approximate surface area is 172 Å². The van der Waals surface area contributed by atoms with Gasteiger partial charge in [0.2, 0.25) is 0 Å². The van der Waals surface area contributed by atoms with Crippen LogP contribution in [0.2, 0.25) is 0 Å². The molecule has 5 heteroatoms. The van der Waals surface area contributed by atoms with Crippen molar-refractivity contribution in [2.24, 2.45) is 9.98 Å². The maximum absolute atomic E-state index is 4.92. The lowest BCUT2D eigenvalue weighted by Crippen LogP contribution is -2.17. The zero-order chi connectivity index (χ0) is 19.1. The molecule has 0 saturated carbocycles. The molecular formula is C23H19BrN4. The van der Waals surface area contributed by atoms with Crippen LogP contribution in [0, 0.1) is 0 Å². The molecular weight excluding hydrogens is 412 g/mol. The number of hydrogen-bond acceptors (Lipinski definition) is 4. The van der Waals surface area contributed by atoms with Crippen LogP contribution in [0.25, 0.3) is 10.8 Å². The highest BCUT2D eigenvalue weighted by atomic mass is 79.9. The van der Waals surface area contributed by atoms with E-state index in [-0.39, 0.29) is 6.04 Å². The molecule has 2 heterocycles. The third-order valence-corrected chi connectivity index (χ3v) is 5.91.